The van der Waals surface area contributed by atoms with Gasteiger partial charge in [-0.15, -0.1) is 0 Å². The van der Waals surface area contributed by atoms with Crippen molar-refractivity contribution < 1.29 is 9.59 Å². The molecule has 2 amide bonds. The van der Waals surface area contributed by atoms with Crippen LogP contribution in [0.25, 0.3) is 0 Å². The highest BCUT2D eigenvalue weighted by Crippen LogP contribution is 2.30. The lowest BCUT2D eigenvalue weighted by Crippen LogP contribution is -2.53. The van der Waals surface area contributed by atoms with Gasteiger partial charge in [-0.3, -0.25) is 9.59 Å². The number of benzene rings is 4. The smallest absolute Gasteiger partial charge is 0.243 e. The van der Waals surface area contributed by atoms with Crippen LogP contribution < -0.4 is 5.32 Å². The second-order valence-corrected chi connectivity index (χ2v) is 11.1. The first-order valence-corrected chi connectivity index (χ1v) is 14.9. The lowest BCUT2D eigenvalue weighted by atomic mass is 9.87. The molecule has 0 bridgehead atoms. The molecular formula is C37H40N2O2. The Morgan fingerprint density at radius 3 is 1.68 bits per heavy atom. The molecular weight excluding hydrogens is 504 g/mol. The van der Waals surface area contributed by atoms with Crippen LogP contribution in [0.1, 0.15) is 66.7 Å². The molecule has 4 aromatic rings. The molecule has 0 saturated heterocycles. The maximum Gasteiger partial charge on any atom is 0.243 e. The summed E-state index contributed by atoms with van der Waals surface area (Å²) in [4.78, 5) is 30.4. The Kier molecular flexibility index (Phi) is 9.99. The van der Waals surface area contributed by atoms with Crippen molar-refractivity contribution in [2.75, 3.05) is 0 Å². The molecule has 1 N–H and O–H groups in total. The summed E-state index contributed by atoms with van der Waals surface area (Å²) >= 11 is 0. The maximum absolute atomic E-state index is 14.5. The molecule has 0 heterocycles. The predicted octanol–water partition coefficient (Wildman–Crippen LogP) is 7.30. The molecule has 0 spiro atoms. The molecule has 0 unspecified atom stereocenters. The molecule has 4 nitrogen and oxygen atoms in total. The Balaban J connectivity index is 1.49. The van der Waals surface area contributed by atoms with Crippen molar-refractivity contribution in [3.8, 4) is 0 Å². The number of carbonyl (C=O) groups excluding carboxylic acids is 2. The zero-order valence-electron chi connectivity index (χ0n) is 23.7. The fourth-order valence-electron chi connectivity index (χ4n) is 5.97. The Morgan fingerprint density at radius 2 is 1.15 bits per heavy atom. The van der Waals surface area contributed by atoms with Crippen LogP contribution in [0.5, 0.6) is 0 Å². The summed E-state index contributed by atoms with van der Waals surface area (Å²) in [5, 5.41) is 3.34. The van der Waals surface area contributed by atoms with Crippen LogP contribution in [0, 0.1) is 0 Å². The highest BCUT2D eigenvalue weighted by atomic mass is 16.2. The van der Waals surface area contributed by atoms with E-state index in [2.05, 4.69) is 29.6 Å². The third kappa shape index (κ3) is 7.94. The van der Waals surface area contributed by atoms with E-state index >= 15 is 0 Å². The summed E-state index contributed by atoms with van der Waals surface area (Å²) in [5.41, 5.74) is 4.25. The fraction of sp³-hybridized carbons (Fsp3) is 0.297. The first-order chi connectivity index (χ1) is 20.2. The first-order valence-electron chi connectivity index (χ1n) is 14.9. The molecule has 4 aromatic carbocycles. The molecule has 0 aliphatic heterocycles. The molecule has 1 fully saturated rings. The second-order valence-electron chi connectivity index (χ2n) is 11.1. The molecule has 5 rings (SSSR count). The third-order valence-corrected chi connectivity index (χ3v) is 8.20. The molecule has 41 heavy (non-hydrogen) atoms. The van der Waals surface area contributed by atoms with Gasteiger partial charge in [0.05, 0.1) is 0 Å². The van der Waals surface area contributed by atoms with Crippen molar-refractivity contribution >= 4 is 11.8 Å². The monoisotopic (exact) mass is 544 g/mol. The van der Waals surface area contributed by atoms with Crippen molar-refractivity contribution in [3.05, 3.63) is 144 Å². The standard InChI is InChI=1S/C37H40N2O2/c40-36(27-34(31-20-10-3-11-21-31)32-22-12-4-13-23-32)39(28-30-18-8-2-9-19-30)35(26-29-16-6-1-7-17-29)37(41)38-33-24-14-5-15-25-33/h1-4,6-13,16-23,33-35H,5,14-15,24-28H2,(H,38,41)/t35-/m1/s1. The largest absolute Gasteiger partial charge is 0.352 e. The van der Waals surface area contributed by atoms with Crippen LogP contribution in [-0.2, 0) is 22.6 Å². The molecule has 0 radical (unpaired) electrons. The van der Waals surface area contributed by atoms with Crippen LogP contribution in [0.2, 0.25) is 0 Å². The molecule has 4 heteroatoms. The van der Waals surface area contributed by atoms with Crippen molar-refractivity contribution in [3.63, 3.8) is 0 Å². The van der Waals surface area contributed by atoms with Crippen molar-refractivity contribution in [1.29, 1.82) is 0 Å². The van der Waals surface area contributed by atoms with E-state index in [0.29, 0.717) is 13.0 Å². The number of hydrogen-bond acceptors (Lipinski definition) is 2. The summed E-state index contributed by atoms with van der Waals surface area (Å²) in [5.74, 6) is -0.186. The highest BCUT2D eigenvalue weighted by Gasteiger charge is 2.33. The summed E-state index contributed by atoms with van der Waals surface area (Å²) < 4.78 is 0. The van der Waals surface area contributed by atoms with Gasteiger partial charge in [0.25, 0.3) is 0 Å². The predicted molar refractivity (Wildman–Crippen MR) is 165 cm³/mol. The van der Waals surface area contributed by atoms with Gasteiger partial charge in [0, 0.05) is 31.3 Å². The molecule has 210 valence electrons. The first kappa shape index (κ1) is 28.4. The average molecular weight is 545 g/mol. The number of amides is 2. The van der Waals surface area contributed by atoms with Gasteiger partial charge in [0.1, 0.15) is 6.04 Å². The van der Waals surface area contributed by atoms with E-state index in [0.717, 1.165) is 47.9 Å². The molecule has 0 aromatic heterocycles. The molecule has 1 saturated carbocycles. The van der Waals surface area contributed by atoms with Crippen LogP contribution in [-0.4, -0.2) is 28.8 Å². The summed E-state index contributed by atoms with van der Waals surface area (Å²) in [6.45, 7) is 0.381. The van der Waals surface area contributed by atoms with E-state index < -0.39 is 6.04 Å². The minimum atomic E-state index is -0.612. The van der Waals surface area contributed by atoms with Crippen molar-refractivity contribution in [2.45, 2.75) is 69.5 Å². The molecule has 1 atom stereocenters. The Hall–Kier alpha value is -4.18. The number of nitrogens with one attached hydrogen (secondary N) is 1. The van der Waals surface area contributed by atoms with Crippen molar-refractivity contribution in [1.82, 2.24) is 10.2 Å². The van der Waals surface area contributed by atoms with Gasteiger partial charge >= 0.3 is 0 Å². The maximum atomic E-state index is 14.5. The van der Waals surface area contributed by atoms with Crippen LogP contribution in [0.4, 0.5) is 0 Å². The summed E-state index contributed by atoms with van der Waals surface area (Å²) in [6.07, 6.45) is 6.25. The number of nitrogens with zero attached hydrogens (tertiary/aromatic N) is 1. The Labute approximate surface area is 244 Å². The van der Waals surface area contributed by atoms with Crippen LogP contribution in [0.15, 0.2) is 121 Å². The van der Waals surface area contributed by atoms with Gasteiger partial charge < -0.3 is 10.2 Å². The van der Waals surface area contributed by atoms with E-state index in [1.807, 2.05) is 102 Å². The topological polar surface area (TPSA) is 49.4 Å². The minimum Gasteiger partial charge on any atom is -0.352 e. The van der Waals surface area contributed by atoms with E-state index in [1.165, 1.54) is 6.42 Å². The third-order valence-electron chi connectivity index (χ3n) is 8.20. The number of rotatable bonds is 11. The van der Waals surface area contributed by atoms with Crippen molar-refractivity contribution in [2.24, 2.45) is 0 Å². The molecule has 1 aliphatic rings. The average Bonchev–Trinajstić information content (AvgIpc) is 3.03. The Morgan fingerprint density at radius 1 is 0.659 bits per heavy atom. The highest BCUT2D eigenvalue weighted by molar-refractivity contribution is 5.88. The zero-order valence-corrected chi connectivity index (χ0v) is 23.7. The minimum absolute atomic E-state index is 0.0220. The van der Waals surface area contributed by atoms with Crippen LogP contribution in [0.3, 0.4) is 0 Å². The quantitative estimate of drug-likeness (QED) is 0.215. The SMILES string of the molecule is O=C(NC1CCCCC1)[C@@H](Cc1ccccc1)N(Cc1ccccc1)C(=O)CC(c1ccccc1)c1ccccc1. The normalized spacial score (nSPS) is 14.4. The van der Waals surface area contributed by atoms with Gasteiger partial charge in [-0.25, -0.2) is 0 Å². The van der Waals surface area contributed by atoms with E-state index in [4.69, 9.17) is 0 Å². The van der Waals surface area contributed by atoms with E-state index in [9.17, 15) is 9.59 Å². The van der Waals surface area contributed by atoms with Gasteiger partial charge in [0.15, 0.2) is 0 Å². The van der Waals surface area contributed by atoms with Gasteiger partial charge in [0.2, 0.25) is 11.8 Å². The lowest BCUT2D eigenvalue weighted by Gasteiger charge is -2.34. The van der Waals surface area contributed by atoms with E-state index in [1.54, 1.807) is 0 Å². The second kappa shape index (κ2) is 14.5. The number of hydrogen-bond donors (Lipinski definition) is 1. The lowest BCUT2D eigenvalue weighted by molar-refractivity contribution is -0.141. The summed E-state index contributed by atoms with van der Waals surface area (Å²) in [6, 6.07) is 40.1. The summed E-state index contributed by atoms with van der Waals surface area (Å²) in [7, 11) is 0. The van der Waals surface area contributed by atoms with Gasteiger partial charge in [-0.05, 0) is 35.1 Å². The zero-order chi connectivity index (χ0) is 28.3. The Bertz CT molecular complexity index is 1310. The van der Waals surface area contributed by atoms with E-state index in [-0.39, 0.29) is 30.2 Å². The van der Waals surface area contributed by atoms with Crippen LogP contribution >= 0.6 is 0 Å². The molecule has 1 aliphatic carbocycles. The van der Waals surface area contributed by atoms with Gasteiger partial charge in [-0.2, -0.15) is 0 Å². The number of carbonyl (C=O) groups is 2. The van der Waals surface area contributed by atoms with Gasteiger partial charge in [-0.1, -0.05) is 141 Å². The fourth-order valence-corrected chi connectivity index (χ4v) is 5.97.